The summed E-state index contributed by atoms with van der Waals surface area (Å²) in [6.07, 6.45) is 2.39. The van der Waals surface area contributed by atoms with Gasteiger partial charge in [-0.1, -0.05) is 5.16 Å². The fourth-order valence-electron chi connectivity index (χ4n) is 4.42. The number of carbonyl (C=O) groups is 4. The maximum absolute atomic E-state index is 13.3. The first-order valence-electron chi connectivity index (χ1n) is 13.5. The summed E-state index contributed by atoms with van der Waals surface area (Å²) in [6, 6.07) is -1.15. The van der Waals surface area contributed by atoms with Gasteiger partial charge in [-0.2, -0.15) is 9.36 Å². The maximum Gasteiger partial charge on any atom is 0.352 e. The number of rotatable bonds is 15. The van der Waals surface area contributed by atoms with Crippen LogP contribution in [0.4, 0.5) is 16.6 Å². The number of hydrogen-bond acceptors (Lipinski definition) is 15. The Kier molecular flexibility index (Phi) is 10.2. The summed E-state index contributed by atoms with van der Waals surface area (Å²) in [5.74, 6) is -4.05. The molecule has 4 rings (SSSR count). The molecular formula is C24H34N11O8S2+. The van der Waals surface area contributed by atoms with Gasteiger partial charge in [0.05, 0.1) is 6.61 Å². The molecule has 2 aliphatic rings. The zero-order chi connectivity index (χ0) is 33.1. The van der Waals surface area contributed by atoms with E-state index >= 15 is 0 Å². The molecule has 2 amide bonds. The largest absolute Gasteiger partial charge is 0.478 e. The highest BCUT2D eigenvalue weighted by Crippen LogP contribution is 2.40. The van der Waals surface area contributed by atoms with Crippen molar-refractivity contribution in [3.05, 3.63) is 23.3 Å². The number of fused-ring (bicyclic) bond motifs is 1. The topological polar surface area (TPSA) is 291 Å². The van der Waals surface area contributed by atoms with Gasteiger partial charge in [0.1, 0.15) is 29.3 Å². The highest BCUT2D eigenvalue weighted by molar-refractivity contribution is 8.00. The zero-order valence-corrected chi connectivity index (χ0v) is 25.9. The van der Waals surface area contributed by atoms with Crippen molar-refractivity contribution < 1.29 is 44.0 Å². The lowest BCUT2D eigenvalue weighted by atomic mass is 10.0. The van der Waals surface area contributed by atoms with E-state index in [-0.39, 0.29) is 42.1 Å². The molecule has 0 saturated carbocycles. The van der Waals surface area contributed by atoms with Crippen molar-refractivity contribution in [1.29, 1.82) is 0 Å². The average molecular weight is 669 g/mol. The summed E-state index contributed by atoms with van der Waals surface area (Å²) in [4.78, 5) is 60.5. The van der Waals surface area contributed by atoms with Crippen LogP contribution in [-0.4, -0.2) is 106 Å². The molecule has 0 bridgehead atoms. The minimum Gasteiger partial charge on any atom is -0.478 e. The van der Waals surface area contributed by atoms with Gasteiger partial charge in [-0.15, -0.1) is 21.1 Å². The molecule has 4 heterocycles. The smallest absolute Gasteiger partial charge is 0.352 e. The fraction of sp³-hybridized carbons (Fsp3) is 0.500. The van der Waals surface area contributed by atoms with E-state index in [1.807, 2.05) is 0 Å². The van der Waals surface area contributed by atoms with Crippen LogP contribution in [0.5, 0.6) is 0 Å². The summed E-state index contributed by atoms with van der Waals surface area (Å²) >= 11 is 2.00. The van der Waals surface area contributed by atoms with Gasteiger partial charge >= 0.3 is 11.9 Å². The van der Waals surface area contributed by atoms with Crippen LogP contribution in [0, 0.1) is 0 Å². The quantitative estimate of drug-likeness (QED) is 0.0322. The number of oxime groups is 1. The van der Waals surface area contributed by atoms with Crippen molar-refractivity contribution in [2.75, 3.05) is 42.2 Å². The Morgan fingerprint density at radius 1 is 1.29 bits per heavy atom. The SMILES string of the molecule is CC(C)(O/N=C(/C(=O)N[C@@H]1C(=O)N2C(C(=O)O)=C(C[n+]3cc(NCCCN)c(N)n3CCO)CS[C@H]12)c1nsc(N)n1)C(=O)O. The number of aliphatic hydroxyl groups is 1. The molecule has 2 aliphatic heterocycles. The van der Waals surface area contributed by atoms with Crippen LogP contribution < -0.4 is 32.5 Å². The Morgan fingerprint density at radius 2 is 2.02 bits per heavy atom. The number of carbonyl (C=O) groups excluding carboxylic acids is 2. The Bertz CT molecular complexity index is 1550. The molecule has 0 unspecified atom stereocenters. The number of anilines is 3. The van der Waals surface area contributed by atoms with E-state index in [1.54, 1.807) is 15.6 Å². The molecule has 1 saturated heterocycles. The molecule has 45 heavy (non-hydrogen) atoms. The van der Waals surface area contributed by atoms with Crippen LogP contribution in [0.1, 0.15) is 26.1 Å². The molecule has 244 valence electrons. The monoisotopic (exact) mass is 668 g/mol. The molecule has 1 fully saturated rings. The first kappa shape index (κ1) is 33.4. The van der Waals surface area contributed by atoms with E-state index in [2.05, 4.69) is 25.1 Å². The van der Waals surface area contributed by atoms with Crippen LogP contribution in [0.2, 0.25) is 0 Å². The number of nitrogens with zero attached hydrogens (tertiary/aromatic N) is 6. The van der Waals surface area contributed by atoms with Crippen LogP contribution in [0.25, 0.3) is 0 Å². The van der Waals surface area contributed by atoms with Gasteiger partial charge in [0.25, 0.3) is 11.8 Å². The van der Waals surface area contributed by atoms with Crippen LogP contribution in [0.3, 0.4) is 0 Å². The lowest BCUT2D eigenvalue weighted by molar-refractivity contribution is -0.767. The van der Waals surface area contributed by atoms with Crippen molar-refractivity contribution in [3.63, 3.8) is 0 Å². The van der Waals surface area contributed by atoms with Crippen LogP contribution >= 0.6 is 23.3 Å². The van der Waals surface area contributed by atoms with Crippen LogP contribution in [-0.2, 0) is 37.1 Å². The number of nitrogens with two attached hydrogens (primary N) is 3. The molecule has 0 spiro atoms. The minimum atomic E-state index is -1.81. The number of aliphatic hydroxyl groups excluding tert-OH is 1. The minimum absolute atomic E-state index is 0.00344. The summed E-state index contributed by atoms with van der Waals surface area (Å²) in [5, 5.41) is 37.6. The first-order valence-corrected chi connectivity index (χ1v) is 15.4. The molecule has 2 atom stereocenters. The molecule has 0 aliphatic carbocycles. The highest BCUT2D eigenvalue weighted by atomic mass is 32.2. The Morgan fingerprint density at radius 3 is 2.62 bits per heavy atom. The second-order valence-corrected chi connectivity index (χ2v) is 12.3. The second-order valence-electron chi connectivity index (χ2n) is 10.4. The number of aromatic nitrogens is 4. The lowest BCUT2D eigenvalue weighted by Crippen LogP contribution is -2.71. The van der Waals surface area contributed by atoms with E-state index in [4.69, 9.17) is 22.0 Å². The van der Waals surface area contributed by atoms with Crippen molar-refractivity contribution in [2.45, 2.75) is 50.4 Å². The van der Waals surface area contributed by atoms with E-state index < -0.39 is 46.5 Å². The number of carboxylic acid groups (broad SMARTS) is 2. The van der Waals surface area contributed by atoms with Gasteiger partial charge in [-0.05, 0) is 26.8 Å². The van der Waals surface area contributed by atoms with Crippen molar-refractivity contribution in [3.8, 4) is 0 Å². The number of β-lactam (4-membered cyclic amide) rings is 1. The maximum atomic E-state index is 13.3. The van der Waals surface area contributed by atoms with Gasteiger partial charge < -0.3 is 48.0 Å². The van der Waals surface area contributed by atoms with Gasteiger partial charge in [0.2, 0.25) is 23.3 Å². The number of nitrogen functional groups attached to an aromatic ring is 2. The number of thioether (sulfide) groups is 1. The molecule has 0 radical (unpaired) electrons. The van der Waals surface area contributed by atoms with Crippen molar-refractivity contribution >= 4 is 69.4 Å². The van der Waals surface area contributed by atoms with Crippen LogP contribution in [0.15, 0.2) is 22.6 Å². The van der Waals surface area contributed by atoms with Gasteiger partial charge in [-0.25, -0.2) is 9.59 Å². The third-order valence-electron chi connectivity index (χ3n) is 6.79. The third kappa shape index (κ3) is 6.95. The van der Waals surface area contributed by atoms with Gasteiger partial charge in [-0.3, -0.25) is 14.5 Å². The Balaban J connectivity index is 1.57. The number of aliphatic carboxylic acids is 2. The standard InChI is InChI=1S/C24H33N11O8S2/c1-24(2,22(41)42)43-31-13(17-30-23(27)45-32-17)18(37)29-14-19(38)35-15(21(39)40)11(10-44-20(14)35)8-33-9-12(28-5-3-4-25)16(26)34(33)6-7-36/h9,14,20,26,28,36H,3-8,10,25H2,1-2H3,(H5,27,29,30,32,37,39,40,41,42)/p+1/b31-13+/t14-,20-/m1/s1. The van der Waals surface area contributed by atoms with Crippen molar-refractivity contribution in [2.24, 2.45) is 10.9 Å². The van der Waals surface area contributed by atoms with Crippen molar-refractivity contribution in [1.82, 2.24) is 24.3 Å². The molecule has 2 aromatic heterocycles. The predicted octanol–water partition coefficient (Wildman–Crippen LogP) is -2.43. The summed E-state index contributed by atoms with van der Waals surface area (Å²) in [7, 11) is 0. The van der Waals surface area contributed by atoms with E-state index in [0.717, 1.165) is 16.4 Å². The zero-order valence-electron chi connectivity index (χ0n) is 24.3. The Labute approximate surface area is 264 Å². The summed E-state index contributed by atoms with van der Waals surface area (Å²) in [6.45, 7) is 3.44. The van der Waals surface area contributed by atoms with E-state index in [9.17, 15) is 34.5 Å². The van der Waals surface area contributed by atoms with Gasteiger partial charge in [0.15, 0.2) is 17.5 Å². The summed E-state index contributed by atoms with van der Waals surface area (Å²) in [5.41, 5.74) is 15.9. The third-order valence-corrected chi connectivity index (χ3v) is 8.67. The average Bonchev–Trinajstić information content (AvgIpc) is 3.54. The molecule has 0 aromatic carbocycles. The number of hydrogen-bond donors (Lipinski definition) is 8. The molecule has 2 aromatic rings. The van der Waals surface area contributed by atoms with Gasteiger partial charge in [0, 0.05) is 29.4 Å². The lowest BCUT2D eigenvalue weighted by Gasteiger charge is -2.49. The number of nitrogens with one attached hydrogen (secondary N) is 2. The van der Waals surface area contributed by atoms with E-state index in [0.29, 0.717) is 36.6 Å². The predicted molar refractivity (Wildman–Crippen MR) is 162 cm³/mol. The highest BCUT2D eigenvalue weighted by Gasteiger charge is 2.55. The molecular weight excluding hydrogens is 634 g/mol. The fourth-order valence-corrected chi connectivity index (χ4v) is 6.19. The molecule has 21 heteroatoms. The Hall–Kier alpha value is -4.47. The second kappa shape index (κ2) is 13.7. The number of amides is 2. The molecule has 11 N–H and O–H groups in total. The molecule has 19 nitrogen and oxygen atoms in total. The normalized spacial score (nSPS) is 18.4. The number of carboxylic acids is 2. The summed E-state index contributed by atoms with van der Waals surface area (Å²) < 4.78 is 7.19. The first-order chi connectivity index (χ1) is 21.3. The van der Waals surface area contributed by atoms with E-state index in [1.165, 1.54) is 25.6 Å².